The van der Waals surface area contributed by atoms with Crippen LogP contribution in [0, 0.1) is 0 Å². The third-order valence-electron chi connectivity index (χ3n) is 3.71. The summed E-state index contributed by atoms with van der Waals surface area (Å²) in [5.74, 6) is 0.929. The summed E-state index contributed by atoms with van der Waals surface area (Å²) in [7, 11) is 0. The van der Waals surface area contributed by atoms with Crippen molar-refractivity contribution in [3.05, 3.63) is 30.1 Å². The molecule has 0 fully saturated rings. The van der Waals surface area contributed by atoms with E-state index in [0.29, 0.717) is 6.54 Å². The maximum absolute atomic E-state index is 11.1. The van der Waals surface area contributed by atoms with Crippen molar-refractivity contribution in [2.45, 2.75) is 59.0 Å². The van der Waals surface area contributed by atoms with Gasteiger partial charge in [0.2, 0.25) is 5.91 Å². The fraction of sp³-hybridized carbons (Fsp3) is 0.529. The standard InChI is InChI=1S/C17H25N3O/c1-3-4-5-6-9-12-20-16-11-8-7-10-15(16)19-17(20)13-18-14(2)21/h7-8,10-11H,3-6,9,12-13H2,1-2H3,(H,18,21). The quantitative estimate of drug-likeness (QED) is 0.753. The van der Waals surface area contributed by atoms with Crippen LogP contribution in [0.4, 0.5) is 0 Å². The molecule has 1 heterocycles. The molecule has 4 nitrogen and oxygen atoms in total. The molecule has 114 valence electrons. The van der Waals surface area contributed by atoms with Crippen LogP contribution in [0.25, 0.3) is 11.0 Å². The van der Waals surface area contributed by atoms with E-state index in [1.807, 2.05) is 18.2 Å². The first-order valence-corrected chi connectivity index (χ1v) is 7.91. The molecule has 0 spiro atoms. The Labute approximate surface area is 126 Å². The maximum Gasteiger partial charge on any atom is 0.217 e. The molecule has 1 amide bonds. The number of aromatic nitrogens is 2. The molecule has 0 radical (unpaired) electrons. The Kier molecular flexibility index (Phi) is 5.78. The summed E-state index contributed by atoms with van der Waals surface area (Å²) in [6, 6.07) is 8.18. The summed E-state index contributed by atoms with van der Waals surface area (Å²) in [4.78, 5) is 15.8. The Morgan fingerprint density at radius 1 is 1.19 bits per heavy atom. The summed E-state index contributed by atoms with van der Waals surface area (Å²) < 4.78 is 2.25. The van der Waals surface area contributed by atoms with Gasteiger partial charge in [-0.2, -0.15) is 0 Å². The molecule has 0 atom stereocenters. The van der Waals surface area contributed by atoms with E-state index in [1.165, 1.54) is 32.6 Å². The van der Waals surface area contributed by atoms with Crippen LogP contribution in [-0.4, -0.2) is 15.5 Å². The highest BCUT2D eigenvalue weighted by Gasteiger charge is 2.10. The molecular weight excluding hydrogens is 262 g/mol. The van der Waals surface area contributed by atoms with Crippen molar-refractivity contribution in [3.8, 4) is 0 Å². The molecule has 0 aliphatic carbocycles. The van der Waals surface area contributed by atoms with Crippen molar-refractivity contribution in [1.29, 1.82) is 0 Å². The van der Waals surface area contributed by atoms with E-state index in [9.17, 15) is 4.79 Å². The Hall–Kier alpha value is -1.84. The Morgan fingerprint density at radius 3 is 2.71 bits per heavy atom. The lowest BCUT2D eigenvalue weighted by Crippen LogP contribution is -2.21. The fourth-order valence-electron chi connectivity index (χ4n) is 2.59. The number of hydrogen-bond donors (Lipinski definition) is 1. The second-order valence-corrected chi connectivity index (χ2v) is 5.49. The average molecular weight is 287 g/mol. The summed E-state index contributed by atoms with van der Waals surface area (Å²) in [6.45, 7) is 5.24. The lowest BCUT2D eigenvalue weighted by atomic mass is 10.1. The zero-order valence-corrected chi connectivity index (χ0v) is 13.1. The van der Waals surface area contributed by atoms with Crippen molar-refractivity contribution in [1.82, 2.24) is 14.9 Å². The first-order valence-electron chi connectivity index (χ1n) is 7.91. The van der Waals surface area contributed by atoms with Gasteiger partial charge in [-0.15, -0.1) is 0 Å². The SMILES string of the molecule is CCCCCCCn1c(CNC(C)=O)nc2ccccc21. The lowest BCUT2D eigenvalue weighted by Gasteiger charge is -2.09. The molecular formula is C17H25N3O. The van der Waals surface area contributed by atoms with Gasteiger partial charge in [0.15, 0.2) is 0 Å². The number of imidazole rings is 1. The van der Waals surface area contributed by atoms with Gasteiger partial charge in [-0.05, 0) is 18.6 Å². The maximum atomic E-state index is 11.1. The molecule has 1 N–H and O–H groups in total. The first-order chi connectivity index (χ1) is 10.2. The molecule has 1 aromatic carbocycles. The number of rotatable bonds is 8. The number of nitrogens with one attached hydrogen (secondary N) is 1. The van der Waals surface area contributed by atoms with Crippen molar-refractivity contribution < 1.29 is 4.79 Å². The number of amides is 1. The third-order valence-corrected chi connectivity index (χ3v) is 3.71. The number of hydrogen-bond acceptors (Lipinski definition) is 2. The van der Waals surface area contributed by atoms with Gasteiger partial charge in [-0.25, -0.2) is 4.98 Å². The van der Waals surface area contributed by atoms with Gasteiger partial charge >= 0.3 is 0 Å². The molecule has 0 bridgehead atoms. The van der Waals surface area contributed by atoms with Gasteiger partial charge in [0.05, 0.1) is 17.6 Å². The number of unbranched alkanes of at least 4 members (excludes halogenated alkanes) is 4. The number of benzene rings is 1. The minimum atomic E-state index is -0.0171. The van der Waals surface area contributed by atoms with E-state index >= 15 is 0 Å². The van der Waals surface area contributed by atoms with E-state index in [0.717, 1.165) is 29.8 Å². The van der Waals surface area contributed by atoms with Crippen LogP contribution in [-0.2, 0) is 17.9 Å². The summed E-state index contributed by atoms with van der Waals surface area (Å²) in [5, 5.41) is 2.85. The summed E-state index contributed by atoms with van der Waals surface area (Å²) >= 11 is 0. The number of nitrogens with zero attached hydrogens (tertiary/aromatic N) is 2. The predicted molar refractivity (Wildman–Crippen MR) is 86.0 cm³/mol. The van der Waals surface area contributed by atoms with E-state index < -0.39 is 0 Å². The molecule has 0 aliphatic rings. The Balaban J connectivity index is 2.09. The van der Waals surface area contributed by atoms with Crippen molar-refractivity contribution in [3.63, 3.8) is 0 Å². The minimum absolute atomic E-state index is 0.0171. The third kappa shape index (κ3) is 4.31. The molecule has 0 unspecified atom stereocenters. The second kappa shape index (κ2) is 7.81. The fourth-order valence-corrected chi connectivity index (χ4v) is 2.59. The zero-order chi connectivity index (χ0) is 15.1. The van der Waals surface area contributed by atoms with Gasteiger partial charge in [-0.3, -0.25) is 4.79 Å². The molecule has 0 saturated heterocycles. The second-order valence-electron chi connectivity index (χ2n) is 5.49. The largest absolute Gasteiger partial charge is 0.349 e. The summed E-state index contributed by atoms with van der Waals surface area (Å²) in [6.07, 6.45) is 6.28. The lowest BCUT2D eigenvalue weighted by molar-refractivity contribution is -0.119. The van der Waals surface area contributed by atoms with Gasteiger partial charge in [0.25, 0.3) is 0 Å². The molecule has 4 heteroatoms. The number of fused-ring (bicyclic) bond motifs is 1. The Bertz CT molecular complexity index is 589. The minimum Gasteiger partial charge on any atom is -0.349 e. The highest BCUT2D eigenvalue weighted by Crippen LogP contribution is 2.17. The monoisotopic (exact) mass is 287 g/mol. The number of carbonyl (C=O) groups is 1. The molecule has 0 saturated carbocycles. The van der Waals surface area contributed by atoms with Crippen LogP contribution in [0.3, 0.4) is 0 Å². The van der Waals surface area contributed by atoms with Crippen LogP contribution in [0.15, 0.2) is 24.3 Å². The Morgan fingerprint density at radius 2 is 1.95 bits per heavy atom. The zero-order valence-electron chi connectivity index (χ0n) is 13.1. The van der Waals surface area contributed by atoms with Crippen LogP contribution in [0.2, 0.25) is 0 Å². The summed E-state index contributed by atoms with van der Waals surface area (Å²) in [5.41, 5.74) is 2.17. The van der Waals surface area contributed by atoms with Crippen molar-refractivity contribution in [2.24, 2.45) is 0 Å². The van der Waals surface area contributed by atoms with Crippen LogP contribution in [0.1, 0.15) is 51.8 Å². The first kappa shape index (κ1) is 15.5. The van der Waals surface area contributed by atoms with E-state index in [4.69, 9.17) is 0 Å². The highest BCUT2D eigenvalue weighted by atomic mass is 16.1. The predicted octanol–water partition coefficient (Wildman–Crippen LogP) is 3.64. The van der Waals surface area contributed by atoms with E-state index in [1.54, 1.807) is 0 Å². The van der Waals surface area contributed by atoms with Crippen LogP contribution in [0.5, 0.6) is 0 Å². The topological polar surface area (TPSA) is 46.9 Å². The molecule has 1 aromatic heterocycles. The average Bonchev–Trinajstić information content (AvgIpc) is 2.83. The van der Waals surface area contributed by atoms with Gasteiger partial charge in [0, 0.05) is 13.5 Å². The van der Waals surface area contributed by atoms with Gasteiger partial charge < -0.3 is 9.88 Å². The van der Waals surface area contributed by atoms with Crippen LogP contribution < -0.4 is 5.32 Å². The highest BCUT2D eigenvalue weighted by molar-refractivity contribution is 5.76. The van der Waals surface area contributed by atoms with Crippen molar-refractivity contribution >= 4 is 16.9 Å². The van der Waals surface area contributed by atoms with E-state index in [2.05, 4.69) is 27.9 Å². The van der Waals surface area contributed by atoms with Gasteiger partial charge in [-0.1, -0.05) is 44.7 Å². The van der Waals surface area contributed by atoms with Gasteiger partial charge in [0.1, 0.15) is 5.82 Å². The molecule has 2 aromatic rings. The number of para-hydroxylation sites is 2. The van der Waals surface area contributed by atoms with E-state index in [-0.39, 0.29) is 5.91 Å². The molecule has 21 heavy (non-hydrogen) atoms. The smallest absolute Gasteiger partial charge is 0.217 e. The molecule has 0 aliphatic heterocycles. The van der Waals surface area contributed by atoms with Crippen LogP contribution >= 0.6 is 0 Å². The normalized spacial score (nSPS) is 11.0. The number of carbonyl (C=O) groups excluding carboxylic acids is 1. The van der Waals surface area contributed by atoms with Crippen molar-refractivity contribution in [2.75, 3.05) is 0 Å². The molecule has 2 rings (SSSR count). The number of aryl methyl sites for hydroxylation is 1.